The average molecular weight is 194 g/mol. The molecule has 1 atom stereocenters. The zero-order chi connectivity index (χ0) is 10.4. The Morgan fingerprint density at radius 1 is 1.43 bits per heavy atom. The molecule has 1 rings (SSSR count). The molecule has 0 aliphatic heterocycles. The van der Waals surface area contributed by atoms with Crippen LogP contribution in [0.3, 0.4) is 0 Å². The first kappa shape index (κ1) is 11.2. The summed E-state index contributed by atoms with van der Waals surface area (Å²) in [5.74, 6) is 0. The van der Waals surface area contributed by atoms with Crippen molar-refractivity contribution in [2.75, 3.05) is 13.2 Å². The van der Waals surface area contributed by atoms with Gasteiger partial charge in [-0.05, 0) is 19.4 Å². The molecule has 0 fully saturated rings. The summed E-state index contributed by atoms with van der Waals surface area (Å²) in [6.45, 7) is 5.31. The van der Waals surface area contributed by atoms with Crippen molar-refractivity contribution in [3.05, 3.63) is 35.4 Å². The number of benzene rings is 1. The number of hydrogen-bond donors (Lipinski definition) is 1. The van der Waals surface area contributed by atoms with E-state index in [1.165, 1.54) is 5.56 Å². The van der Waals surface area contributed by atoms with Crippen molar-refractivity contribution in [2.24, 2.45) is 0 Å². The summed E-state index contributed by atoms with van der Waals surface area (Å²) >= 11 is 0. The Kier molecular flexibility index (Phi) is 4.63. The summed E-state index contributed by atoms with van der Waals surface area (Å²) in [4.78, 5) is 0. The quantitative estimate of drug-likeness (QED) is 0.729. The SMILES string of the molecule is CCOCCC(O)c1cccc(C)c1. The Hall–Kier alpha value is -0.860. The molecular weight excluding hydrogens is 176 g/mol. The van der Waals surface area contributed by atoms with Gasteiger partial charge in [-0.2, -0.15) is 0 Å². The van der Waals surface area contributed by atoms with Crippen molar-refractivity contribution in [1.82, 2.24) is 0 Å². The van der Waals surface area contributed by atoms with E-state index in [1.807, 2.05) is 38.1 Å². The van der Waals surface area contributed by atoms with Crippen LogP contribution in [0.25, 0.3) is 0 Å². The fourth-order valence-electron chi connectivity index (χ4n) is 1.38. The van der Waals surface area contributed by atoms with Gasteiger partial charge in [-0.15, -0.1) is 0 Å². The molecule has 0 aromatic heterocycles. The van der Waals surface area contributed by atoms with Crippen molar-refractivity contribution in [3.63, 3.8) is 0 Å². The van der Waals surface area contributed by atoms with Crippen molar-refractivity contribution < 1.29 is 9.84 Å². The van der Waals surface area contributed by atoms with E-state index in [-0.39, 0.29) is 0 Å². The van der Waals surface area contributed by atoms with Gasteiger partial charge in [0.05, 0.1) is 6.10 Å². The number of aryl methyl sites for hydroxylation is 1. The lowest BCUT2D eigenvalue weighted by Gasteiger charge is -2.11. The Labute approximate surface area is 85.5 Å². The summed E-state index contributed by atoms with van der Waals surface area (Å²) in [6.07, 6.45) is 0.263. The average Bonchev–Trinajstić information content (AvgIpc) is 2.18. The van der Waals surface area contributed by atoms with Gasteiger partial charge >= 0.3 is 0 Å². The second-order valence-electron chi connectivity index (χ2n) is 3.42. The molecule has 0 saturated carbocycles. The number of hydrogen-bond acceptors (Lipinski definition) is 2. The van der Waals surface area contributed by atoms with Gasteiger partial charge in [0.2, 0.25) is 0 Å². The minimum Gasteiger partial charge on any atom is -0.388 e. The van der Waals surface area contributed by atoms with E-state index in [4.69, 9.17) is 4.74 Å². The molecule has 0 bridgehead atoms. The predicted molar refractivity (Wildman–Crippen MR) is 57.2 cm³/mol. The molecule has 2 nitrogen and oxygen atoms in total. The number of aliphatic hydroxyl groups excluding tert-OH is 1. The summed E-state index contributed by atoms with van der Waals surface area (Å²) in [7, 11) is 0. The van der Waals surface area contributed by atoms with E-state index >= 15 is 0 Å². The lowest BCUT2D eigenvalue weighted by Crippen LogP contribution is -2.03. The largest absolute Gasteiger partial charge is 0.388 e. The van der Waals surface area contributed by atoms with Crippen LogP contribution in [0, 0.1) is 6.92 Å². The smallest absolute Gasteiger partial charge is 0.0812 e. The first-order chi connectivity index (χ1) is 6.74. The maximum Gasteiger partial charge on any atom is 0.0812 e. The third-order valence-electron chi connectivity index (χ3n) is 2.17. The van der Waals surface area contributed by atoms with E-state index in [0.29, 0.717) is 19.6 Å². The summed E-state index contributed by atoms with van der Waals surface area (Å²) in [6, 6.07) is 7.95. The zero-order valence-electron chi connectivity index (χ0n) is 8.86. The van der Waals surface area contributed by atoms with Gasteiger partial charge in [0.25, 0.3) is 0 Å². The number of aliphatic hydroxyl groups is 1. The van der Waals surface area contributed by atoms with Gasteiger partial charge in [0, 0.05) is 19.6 Å². The van der Waals surface area contributed by atoms with Crippen molar-refractivity contribution in [1.29, 1.82) is 0 Å². The molecule has 2 heteroatoms. The van der Waals surface area contributed by atoms with Crippen LogP contribution in [0.4, 0.5) is 0 Å². The summed E-state index contributed by atoms with van der Waals surface area (Å²) < 4.78 is 5.20. The van der Waals surface area contributed by atoms with Gasteiger partial charge in [0.15, 0.2) is 0 Å². The second-order valence-corrected chi connectivity index (χ2v) is 3.42. The zero-order valence-corrected chi connectivity index (χ0v) is 8.86. The highest BCUT2D eigenvalue weighted by molar-refractivity contribution is 5.23. The third kappa shape index (κ3) is 3.48. The van der Waals surface area contributed by atoms with E-state index < -0.39 is 6.10 Å². The molecule has 0 aliphatic carbocycles. The maximum atomic E-state index is 9.79. The topological polar surface area (TPSA) is 29.5 Å². The van der Waals surface area contributed by atoms with E-state index in [1.54, 1.807) is 0 Å². The first-order valence-electron chi connectivity index (χ1n) is 5.06. The normalized spacial score (nSPS) is 12.8. The fourth-order valence-corrected chi connectivity index (χ4v) is 1.38. The van der Waals surface area contributed by atoms with Crippen LogP contribution < -0.4 is 0 Å². The minimum absolute atomic E-state index is 0.401. The molecule has 1 N–H and O–H groups in total. The minimum atomic E-state index is -0.401. The molecule has 0 amide bonds. The van der Waals surface area contributed by atoms with Crippen LogP contribution >= 0.6 is 0 Å². The predicted octanol–water partition coefficient (Wildman–Crippen LogP) is 2.46. The lowest BCUT2D eigenvalue weighted by atomic mass is 10.0. The van der Waals surface area contributed by atoms with Gasteiger partial charge in [-0.1, -0.05) is 29.8 Å². The van der Waals surface area contributed by atoms with Crippen LogP contribution in [0.15, 0.2) is 24.3 Å². The first-order valence-corrected chi connectivity index (χ1v) is 5.06. The highest BCUT2D eigenvalue weighted by Crippen LogP contribution is 2.17. The van der Waals surface area contributed by atoms with Gasteiger partial charge < -0.3 is 9.84 Å². The number of rotatable bonds is 5. The molecule has 1 unspecified atom stereocenters. The van der Waals surface area contributed by atoms with Crippen molar-refractivity contribution in [2.45, 2.75) is 26.4 Å². The summed E-state index contributed by atoms with van der Waals surface area (Å²) in [5.41, 5.74) is 2.16. The van der Waals surface area contributed by atoms with E-state index in [9.17, 15) is 5.11 Å². The lowest BCUT2D eigenvalue weighted by molar-refractivity contribution is 0.0886. The highest BCUT2D eigenvalue weighted by Gasteiger charge is 2.06. The second kappa shape index (κ2) is 5.78. The van der Waals surface area contributed by atoms with Gasteiger partial charge in [-0.3, -0.25) is 0 Å². The van der Waals surface area contributed by atoms with Crippen LogP contribution in [0.5, 0.6) is 0 Å². The molecule has 0 aliphatic rings. The molecule has 78 valence electrons. The van der Waals surface area contributed by atoms with E-state index in [0.717, 1.165) is 5.56 Å². The fraction of sp³-hybridized carbons (Fsp3) is 0.500. The molecular formula is C12H18O2. The monoisotopic (exact) mass is 194 g/mol. The Morgan fingerprint density at radius 3 is 2.86 bits per heavy atom. The standard InChI is InChI=1S/C12H18O2/c1-3-14-8-7-12(13)11-6-4-5-10(2)9-11/h4-6,9,12-13H,3,7-8H2,1-2H3. The van der Waals surface area contributed by atoms with Crippen molar-refractivity contribution in [3.8, 4) is 0 Å². The van der Waals surface area contributed by atoms with Gasteiger partial charge in [-0.25, -0.2) is 0 Å². The molecule has 1 aromatic rings. The molecule has 14 heavy (non-hydrogen) atoms. The van der Waals surface area contributed by atoms with Crippen molar-refractivity contribution >= 4 is 0 Å². The highest BCUT2D eigenvalue weighted by atomic mass is 16.5. The maximum absolute atomic E-state index is 9.79. The Bertz CT molecular complexity index is 271. The Morgan fingerprint density at radius 2 is 2.21 bits per heavy atom. The molecule has 1 aromatic carbocycles. The van der Waals surface area contributed by atoms with Crippen LogP contribution in [-0.4, -0.2) is 18.3 Å². The summed E-state index contributed by atoms with van der Waals surface area (Å²) in [5, 5.41) is 9.79. The van der Waals surface area contributed by atoms with E-state index in [2.05, 4.69) is 0 Å². The molecule has 0 spiro atoms. The van der Waals surface area contributed by atoms with Gasteiger partial charge in [0.1, 0.15) is 0 Å². The molecule has 0 heterocycles. The van der Waals surface area contributed by atoms with Crippen LogP contribution in [0.1, 0.15) is 30.6 Å². The third-order valence-corrected chi connectivity index (χ3v) is 2.17. The van der Waals surface area contributed by atoms with Crippen LogP contribution in [0.2, 0.25) is 0 Å². The van der Waals surface area contributed by atoms with Crippen LogP contribution in [-0.2, 0) is 4.74 Å². The Balaban J connectivity index is 2.47. The number of ether oxygens (including phenoxy) is 1. The molecule has 0 saturated heterocycles. The molecule has 0 radical (unpaired) electrons.